The number of nitrogens with zero attached hydrogens (tertiary/aromatic N) is 1. The molecule has 0 bridgehead atoms. The molecule has 6 nitrogen and oxygen atoms in total. The van der Waals surface area contributed by atoms with Gasteiger partial charge in [0.15, 0.2) is 0 Å². The van der Waals surface area contributed by atoms with Gasteiger partial charge < -0.3 is 10.1 Å². The number of nitrogens with one attached hydrogen (secondary N) is 1. The van der Waals surface area contributed by atoms with Crippen LogP contribution in [0.1, 0.15) is 44.1 Å². The first-order chi connectivity index (χ1) is 14.5. The average molecular weight is 449 g/mol. The minimum absolute atomic E-state index is 0.0150. The molecule has 1 aliphatic heterocycles. The van der Waals surface area contributed by atoms with E-state index in [1.165, 1.54) is 28.5 Å². The minimum Gasteiger partial charge on any atom is -0.490 e. The number of benzene rings is 1. The van der Waals surface area contributed by atoms with Crippen molar-refractivity contribution in [3.05, 3.63) is 47.3 Å². The van der Waals surface area contributed by atoms with Gasteiger partial charge in [-0.15, -0.1) is 11.3 Å². The number of piperidine rings is 1. The van der Waals surface area contributed by atoms with E-state index in [1.807, 2.05) is 24.3 Å². The summed E-state index contributed by atoms with van der Waals surface area (Å²) in [7, 11) is -3.44. The zero-order chi connectivity index (χ0) is 21.0. The third-order valence-electron chi connectivity index (χ3n) is 5.94. The number of hydrogen-bond acceptors (Lipinski definition) is 5. The van der Waals surface area contributed by atoms with Crippen LogP contribution >= 0.6 is 11.3 Å². The molecule has 1 N–H and O–H groups in total. The van der Waals surface area contributed by atoms with Crippen LogP contribution in [-0.2, 0) is 21.4 Å². The van der Waals surface area contributed by atoms with Gasteiger partial charge in [0.05, 0.1) is 6.10 Å². The number of sulfonamides is 1. The van der Waals surface area contributed by atoms with E-state index in [0.717, 1.165) is 24.2 Å². The van der Waals surface area contributed by atoms with Crippen LogP contribution in [0.3, 0.4) is 0 Å². The summed E-state index contributed by atoms with van der Waals surface area (Å²) in [6.07, 6.45) is 5.96. The fraction of sp³-hybridized carbons (Fsp3) is 0.500. The van der Waals surface area contributed by atoms with Crippen LogP contribution < -0.4 is 10.1 Å². The molecule has 162 valence electrons. The third-order valence-corrected chi connectivity index (χ3v) is 9.21. The highest BCUT2D eigenvalue weighted by Gasteiger charge is 2.32. The monoisotopic (exact) mass is 448 g/mol. The predicted molar refractivity (Wildman–Crippen MR) is 117 cm³/mol. The molecule has 0 atom stereocenters. The summed E-state index contributed by atoms with van der Waals surface area (Å²) in [5.74, 6) is 0.670. The smallest absolute Gasteiger partial charge is 0.252 e. The molecule has 30 heavy (non-hydrogen) atoms. The van der Waals surface area contributed by atoms with Crippen LogP contribution in [0.15, 0.2) is 46.0 Å². The number of rotatable bonds is 7. The molecule has 2 fully saturated rings. The van der Waals surface area contributed by atoms with Gasteiger partial charge in [-0.1, -0.05) is 24.3 Å². The molecule has 2 aliphatic rings. The van der Waals surface area contributed by atoms with Gasteiger partial charge >= 0.3 is 0 Å². The molecule has 1 aromatic heterocycles. The Hall–Kier alpha value is -1.90. The van der Waals surface area contributed by atoms with Crippen molar-refractivity contribution in [2.24, 2.45) is 5.92 Å². The second-order valence-corrected chi connectivity index (χ2v) is 11.1. The molecule has 0 spiro atoms. The van der Waals surface area contributed by atoms with E-state index < -0.39 is 10.0 Å². The van der Waals surface area contributed by atoms with Crippen molar-refractivity contribution in [1.29, 1.82) is 0 Å². The maximum atomic E-state index is 12.7. The fourth-order valence-electron chi connectivity index (χ4n) is 4.17. The summed E-state index contributed by atoms with van der Waals surface area (Å²) in [6.45, 7) is 1.18. The molecule has 0 unspecified atom stereocenters. The average Bonchev–Trinajstić information content (AvgIpc) is 3.48. The van der Waals surface area contributed by atoms with Crippen LogP contribution in [-0.4, -0.2) is 37.8 Å². The Labute approximate surface area is 182 Å². The summed E-state index contributed by atoms with van der Waals surface area (Å²) in [4.78, 5) is 12.7. The Kier molecular flexibility index (Phi) is 6.75. The van der Waals surface area contributed by atoms with Crippen LogP contribution in [0.5, 0.6) is 5.75 Å². The van der Waals surface area contributed by atoms with Gasteiger partial charge in [0.1, 0.15) is 9.96 Å². The summed E-state index contributed by atoms with van der Waals surface area (Å²) in [5, 5.41) is 4.80. The Balaban J connectivity index is 1.30. The maximum Gasteiger partial charge on any atom is 0.252 e. The Morgan fingerprint density at radius 1 is 1.07 bits per heavy atom. The van der Waals surface area contributed by atoms with Gasteiger partial charge in [-0.05, 0) is 56.0 Å². The molecule has 2 aromatic rings. The van der Waals surface area contributed by atoms with Gasteiger partial charge in [0, 0.05) is 31.1 Å². The largest absolute Gasteiger partial charge is 0.490 e. The van der Waals surface area contributed by atoms with Crippen molar-refractivity contribution in [1.82, 2.24) is 9.62 Å². The topological polar surface area (TPSA) is 75.7 Å². The van der Waals surface area contributed by atoms with E-state index in [1.54, 1.807) is 17.5 Å². The number of carbonyl (C=O) groups excluding carboxylic acids is 1. The molecule has 1 saturated carbocycles. The lowest BCUT2D eigenvalue weighted by Crippen LogP contribution is -2.42. The lowest BCUT2D eigenvalue weighted by Gasteiger charge is -2.30. The highest BCUT2D eigenvalue weighted by atomic mass is 32.2. The Bertz CT molecular complexity index is 945. The summed E-state index contributed by atoms with van der Waals surface area (Å²) in [6, 6.07) is 11.2. The summed E-state index contributed by atoms with van der Waals surface area (Å²) < 4.78 is 33.3. The lowest BCUT2D eigenvalue weighted by molar-refractivity contribution is -0.126. The third kappa shape index (κ3) is 4.87. The highest BCUT2D eigenvalue weighted by Crippen LogP contribution is 2.28. The SMILES string of the molecule is O=C(NCc1ccccc1OC1CCCC1)C1CCN(S(=O)(=O)c2cccs2)CC1. The van der Waals surface area contributed by atoms with Crippen LogP contribution in [0.25, 0.3) is 0 Å². The number of para-hydroxylation sites is 1. The highest BCUT2D eigenvalue weighted by molar-refractivity contribution is 7.91. The normalized spacial score (nSPS) is 19.1. The second kappa shape index (κ2) is 9.49. The molecular weight excluding hydrogens is 420 g/mol. The number of hydrogen-bond donors (Lipinski definition) is 1. The van der Waals surface area contributed by atoms with Gasteiger partial charge in [-0.3, -0.25) is 4.79 Å². The quantitative estimate of drug-likeness (QED) is 0.699. The van der Waals surface area contributed by atoms with Crippen molar-refractivity contribution >= 4 is 27.3 Å². The maximum absolute atomic E-state index is 12.7. The van der Waals surface area contributed by atoms with Crippen molar-refractivity contribution in [3.8, 4) is 5.75 Å². The van der Waals surface area contributed by atoms with Gasteiger partial charge in [0.2, 0.25) is 5.91 Å². The summed E-state index contributed by atoms with van der Waals surface area (Å²) in [5.41, 5.74) is 0.982. The molecule has 1 aromatic carbocycles. The standard InChI is InChI=1S/C22H28N2O4S2/c25-22(17-11-13-24(14-12-17)30(26,27)21-10-5-15-29-21)23-16-18-6-1-4-9-20(18)28-19-7-2-3-8-19/h1,4-6,9-10,15,17,19H,2-3,7-8,11-14,16H2,(H,23,25). The number of thiophene rings is 1. The van der Waals surface area contributed by atoms with Crippen molar-refractivity contribution in [3.63, 3.8) is 0 Å². The van der Waals surface area contributed by atoms with Gasteiger partial charge in [-0.2, -0.15) is 4.31 Å². The molecular formula is C22H28N2O4S2. The minimum atomic E-state index is -3.44. The first-order valence-electron chi connectivity index (χ1n) is 10.6. The van der Waals surface area contributed by atoms with E-state index in [-0.39, 0.29) is 17.9 Å². The van der Waals surface area contributed by atoms with Crippen LogP contribution in [0.4, 0.5) is 0 Å². The number of amides is 1. The van der Waals surface area contributed by atoms with E-state index in [4.69, 9.17) is 4.74 Å². The Morgan fingerprint density at radius 3 is 2.50 bits per heavy atom. The predicted octanol–water partition coefficient (Wildman–Crippen LogP) is 3.79. The lowest BCUT2D eigenvalue weighted by atomic mass is 9.97. The molecule has 1 saturated heterocycles. The zero-order valence-electron chi connectivity index (χ0n) is 17.0. The van der Waals surface area contributed by atoms with E-state index in [9.17, 15) is 13.2 Å². The van der Waals surface area contributed by atoms with Crippen LogP contribution in [0.2, 0.25) is 0 Å². The van der Waals surface area contributed by atoms with Crippen molar-refractivity contribution in [2.45, 2.75) is 55.4 Å². The first-order valence-corrected chi connectivity index (χ1v) is 12.9. The second-order valence-electron chi connectivity index (χ2n) is 7.96. The first kappa shape index (κ1) is 21.3. The molecule has 0 radical (unpaired) electrons. The molecule has 8 heteroatoms. The van der Waals surface area contributed by atoms with E-state index in [2.05, 4.69) is 5.32 Å². The zero-order valence-corrected chi connectivity index (χ0v) is 18.6. The van der Waals surface area contributed by atoms with Crippen molar-refractivity contribution in [2.75, 3.05) is 13.1 Å². The van der Waals surface area contributed by atoms with E-state index >= 15 is 0 Å². The molecule has 1 amide bonds. The molecule has 1 aliphatic carbocycles. The van der Waals surface area contributed by atoms with Gasteiger partial charge in [0.25, 0.3) is 10.0 Å². The van der Waals surface area contributed by atoms with Crippen LogP contribution in [0, 0.1) is 5.92 Å². The molecule has 4 rings (SSSR count). The Morgan fingerprint density at radius 2 is 1.80 bits per heavy atom. The number of carbonyl (C=O) groups is 1. The summed E-state index contributed by atoms with van der Waals surface area (Å²) >= 11 is 1.23. The van der Waals surface area contributed by atoms with Gasteiger partial charge in [-0.25, -0.2) is 8.42 Å². The fourth-order valence-corrected chi connectivity index (χ4v) is 6.79. The van der Waals surface area contributed by atoms with Crippen molar-refractivity contribution < 1.29 is 17.9 Å². The molecule has 2 heterocycles. The van der Waals surface area contributed by atoms with E-state index in [0.29, 0.717) is 36.7 Å². The number of ether oxygens (including phenoxy) is 1.